The summed E-state index contributed by atoms with van der Waals surface area (Å²) >= 11 is 0. The van der Waals surface area contributed by atoms with Crippen molar-refractivity contribution in [2.24, 2.45) is 0 Å². The largest absolute Gasteiger partial charge is 0.481 e. The summed E-state index contributed by atoms with van der Waals surface area (Å²) in [5, 5.41) is 12.1. The van der Waals surface area contributed by atoms with Crippen LogP contribution in [0.4, 0.5) is 0 Å². The second-order valence-electron chi connectivity index (χ2n) is 6.91. The average molecular weight is 347 g/mol. The quantitative estimate of drug-likeness (QED) is 0.737. The first-order valence-electron chi connectivity index (χ1n) is 9.20. The molecule has 0 aliphatic heterocycles. The Labute approximate surface area is 149 Å². The van der Waals surface area contributed by atoms with Crippen LogP contribution < -0.4 is 5.32 Å². The Kier molecular flexibility index (Phi) is 7.44. The second-order valence-corrected chi connectivity index (χ2v) is 6.91. The number of nitrogens with one attached hydrogen (secondary N) is 1. The summed E-state index contributed by atoms with van der Waals surface area (Å²) < 4.78 is 5.95. The molecule has 1 fully saturated rings. The van der Waals surface area contributed by atoms with E-state index >= 15 is 0 Å². The predicted octanol–water partition coefficient (Wildman–Crippen LogP) is 3.75. The molecule has 1 amide bonds. The van der Waals surface area contributed by atoms with Crippen LogP contribution in [-0.2, 0) is 14.3 Å². The van der Waals surface area contributed by atoms with E-state index in [0.717, 1.165) is 36.8 Å². The van der Waals surface area contributed by atoms with Crippen LogP contribution in [0.15, 0.2) is 24.3 Å². The molecule has 0 aromatic heterocycles. The zero-order valence-electron chi connectivity index (χ0n) is 15.2. The number of hydrogen-bond donors (Lipinski definition) is 2. The molecule has 0 radical (unpaired) electrons. The molecule has 2 rings (SSSR count). The van der Waals surface area contributed by atoms with E-state index < -0.39 is 18.1 Å². The van der Waals surface area contributed by atoms with Gasteiger partial charge in [-0.15, -0.1) is 0 Å². The molecule has 138 valence electrons. The maximum atomic E-state index is 12.6. The molecule has 2 unspecified atom stereocenters. The molecule has 5 heteroatoms. The maximum Gasteiger partial charge on any atom is 0.305 e. The monoisotopic (exact) mass is 347 g/mol. The number of aliphatic carboxylic acids is 1. The van der Waals surface area contributed by atoms with E-state index in [0.29, 0.717) is 0 Å². The number of hydrogen-bond acceptors (Lipinski definition) is 3. The molecule has 1 aromatic carbocycles. The minimum Gasteiger partial charge on any atom is -0.481 e. The van der Waals surface area contributed by atoms with Crippen LogP contribution in [-0.4, -0.2) is 29.2 Å². The average Bonchev–Trinajstić information content (AvgIpc) is 2.83. The molecular formula is C20H29NO4. The van der Waals surface area contributed by atoms with Gasteiger partial charge in [-0.25, -0.2) is 0 Å². The molecule has 0 heterocycles. The minimum absolute atomic E-state index is 0.125. The zero-order chi connectivity index (χ0) is 18.2. The first-order chi connectivity index (χ1) is 12.0. The van der Waals surface area contributed by atoms with Crippen molar-refractivity contribution in [2.75, 3.05) is 0 Å². The smallest absolute Gasteiger partial charge is 0.305 e. The van der Waals surface area contributed by atoms with Gasteiger partial charge in [0.25, 0.3) is 0 Å². The molecule has 0 spiro atoms. The molecule has 2 atom stereocenters. The Morgan fingerprint density at radius 3 is 2.44 bits per heavy atom. The standard InChI is InChI=1S/C20H29NO4/c1-14-9-7-8-12-17(14)18(13-19(22)23)21-20(24)15(2)25-16-10-5-3-4-6-11-16/h7-9,12,15-16,18H,3-6,10-11,13H2,1-2H3,(H,21,24)(H,22,23). The fourth-order valence-electron chi connectivity index (χ4n) is 3.41. The van der Waals surface area contributed by atoms with E-state index in [-0.39, 0.29) is 18.4 Å². The number of carbonyl (C=O) groups excluding carboxylic acids is 1. The van der Waals surface area contributed by atoms with Gasteiger partial charge in [0.1, 0.15) is 6.10 Å². The fraction of sp³-hybridized carbons (Fsp3) is 0.600. The summed E-state index contributed by atoms with van der Waals surface area (Å²) in [5.74, 6) is -1.19. The van der Waals surface area contributed by atoms with E-state index in [9.17, 15) is 14.7 Å². The highest BCUT2D eigenvalue weighted by Crippen LogP contribution is 2.23. The molecular weight excluding hydrogens is 318 g/mol. The first-order valence-corrected chi connectivity index (χ1v) is 9.20. The third kappa shape index (κ3) is 6.16. The molecule has 1 saturated carbocycles. The third-order valence-corrected chi connectivity index (χ3v) is 4.83. The number of carbonyl (C=O) groups is 2. The van der Waals surface area contributed by atoms with Crippen molar-refractivity contribution in [2.45, 2.75) is 77.0 Å². The van der Waals surface area contributed by atoms with Crippen LogP contribution >= 0.6 is 0 Å². The third-order valence-electron chi connectivity index (χ3n) is 4.83. The van der Waals surface area contributed by atoms with E-state index in [2.05, 4.69) is 5.32 Å². The maximum absolute atomic E-state index is 12.6. The minimum atomic E-state index is -0.939. The Morgan fingerprint density at radius 1 is 1.20 bits per heavy atom. The lowest BCUT2D eigenvalue weighted by Gasteiger charge is -2.24. The topological polar surface area (TPSA) is 75.6 Å². The number of benzene rings is 1. The second kappa shape index (κ2) is 9.56. The van der Waals surface area contributed by atoms with Gasteiger partial charge in [-0.2, -0.15) is 0 Å². The molecule has 1 aromatic rings. The number of rotatable bonds is 7. The number of ether oxygens (including phenoxy) is 1. The van der Waals surface area contributed by atoms with Crippen LogP contribution in [0.1, 0.15) is 69.0 Å². The lowest BCUT2D eigenvalue weighted by Crippen LogP contribution is -2.39. The number of amides is 1. The molecule has 0 bridgehead atoms. The van der Waals surface area contributed by atoms with Crippen LogP contribution in [0.25, 0.3) is 0 Å². The summed E-state index contributed by atoms with van der Waals surface area (Å²) in [5.41, 5.74) is 1.80. The highest BCUT2D eigenvalue weighted by atomic mass is 16.5. The summed E-state index contributed by atoms with van der Waals surface area (Å²) in [7, 11) is 0. The van der Waals surface area contributed by atoms with Crippen LogP contribution in [0, 0.1) is 6.92 Å². The highest BCUT2D eigenvalue weighted by Gasteiger charge is 2.25. The lowest BCUT2D eigenvalue weighted by atomic mass is 9.98. The summed E-state index contributed by atoms with van der Waals surface area (Å²) in [6.07, 6.45) is 6.13. The van der Waals surface area contributed by atoms with Gasteiger partial charge in [0, 0.05) is 0 Å². The Hall–Kier alpha value is -1.88. The van der Waals surface area contributed by atoms with Crippen molar-refractivity contribution < 1.29 is 19.4 Å². The number of aryl methyl sites for hydroxylation is 1. The van der Waals surface area contributed by atoms with Gasteiger partial charge >= 0.3 is 5.97 Å². The van der Waals surface area contributed by atoms with Gasteiger partial charge in [-0.05, 0) is 37.8 Å². The Morgan fingerprint density at radius 2 is 1.84 bits per heavy atom. The molecule has 1 aliphatic rings. The van der Waals surface area contributed by atoms with Crippen molar-refractivity contribution in [3.63, 3.8) is 0 Å². The van der Waals surface area contributed by atoms with Crippen molar-refractivity contribution >= 4 is 11.9 Å². The van der Waals surface area contributed by atoms with Gasteiger partial charge in [0.15, 0.2) is 0 Å². The van der Waals surface area contributed by atoms with Crippen molar-refractivity contribution in [3.05, 3.63) is 35.4 Å². The predicted molar refractivity (Wildman–Crippen MR) is 96.4 cm³/mol. The van der Waals surface area contributed by atoms with E-state index in [1.807, 2.05) is 31.2 Å². The van der Waals surface area contributed by atoms with Crippen LogP contribution in [0.5, 0.6) is 0 Å². The van der Waals surface area contributed by atoms with E-state index in [4.69, 9.17) is 4.74 Å². The van der Waals surface area contributed by atoms with E-state index in [1.54, 1.807) is 6.92 Å². The van der Waals surface area contributed by atoms with Gasteiger partial charge in [0.2, 0.25) is 5.91 Å². The van der Waals surface area contributed by atoms with Gasteiger partial charge in [0.05, 0.1) is 18.6 Å². The van der Waals surface area contributed by atoms with Crippen molar-refractivity contribution in [1.82, 2.24) is 5.32 Å². The summed E-state index contributed by atoms with van der Waals surface area (Å²) in [6.45, 7) is 3.66. The van der Waals surface area contributed by atoms with Crippen molar-refractivity contribution in [3.8, 4) is 0 Å². The normalized spacial score (nSPS) is 18.2. The summed E-state index contributed by atoms with van der Waals surface area (Å²) in [6, 6.07) is 6.98. The van der Waals surface area contributed by atoms with Gasteiger partial charge in [-0.3, -0.25) is 9.59 Å². The molecule has 2 N–H and O–H groups in total. The fourth-order valence-corrected chi connectivity index (χ4v) is 3.41. The van der Waals surface area contributed by atoms with Gasteiger partial charge in [-0.1, -0.05) is 49.9 Å². The molecule has 0 saturated heterocycles. The zero-order valence-corrected chi connectivity index (χ0v) is 15.2. The SMILES string of the molecule is Cc1ccccc1C(CC(=O)O)NC(=O)C(C)OC1CCCCCC1. The molecule has 1 aliphatic carbocycles. The van der Waals surface area contributed by atoms with E-state index in [1.165, 1.54) is 12.8 Å². The number of carboxylic acids is 1. The van der Waals surface area contributed by atoms with Crippen LogP contribution in [0.3, 0.4) is 0 Å². The van der Waals surface area contributed by atoms with Crippen LogP contribution in [0.2, 0.25) is 0 Å². The highest BCUT2D eigenvalue weighted by molar-refractivity contribution is 5.81. The molecule has 25 heavy (non-hydrogen) atoms. The lowest BCUT2D eigenvalue weighted by molar-refractivity contribution is -0.139. The first kappa shape index (κ1) is 19.4. The molecule has 5 nitrogen and oxygen atoms in total. The Bertz CT molecular complexity index is 579. The Balaban J connectivity index is 2.00. The number of carboxylic acid groups (broad SMARTS) is 1. The van der Waals surface area contributed by atoms with Gasteiger partial charge < -0.3 is 15.2 Å². The summed E-state index contributed by atoms with van der Waals surface area (Å²) in [4.78, 5) is 23.8. The van der Waals surface area contributed by atoms with Crippen molar-refractivity contribution in [1.29, 1.82) is 0 Å².